The second-order valence-corrected chi connectivity index (χ2v) is 6.99. The summed E-state index contributed by atoms with van der Waals surface area (Å²) in [6.07, 6.45) is 0.665. The van der Waals surface area contributed by atoms with Crippen molar-refractivity contribution in [2.45, 2.75) is 26.7 Å². The molecule has 1 aliphatic heterocycles. The molecule has 3 rings (SSSR count). The van der Waals surface area contributed by atoms with Crippen molar-refractivity contribution in [3.8, 4) is 0 Å². The third-order valence-electron chi connectivity index (χ3n) is 4.22. The molecular weight excluding hydrogens is 337 g/mol. The first kappa shape index (κ1) is 18.0. The number of nitrogens with one attached hydrogen (secondary N) is 2. The SMILES string of the molecule is CC(C)CN1C[C@H](C(=O)Nc2n[nH]c(Cc3ccc(F)cc3)n2)CC1=O. The summed E-state index contributed by atoms with van der Waals surface area (Å²) in [6, 6.07) is 6.11. The topological polar surface area (TPSA) is 91.0 Å². The maximum Gasteiger partial charge on any atom is 0.248 e. The third kappa shape index (κ3) is 4.44. The fraction of sp³-hybridized carbons (Fsp3) is 0.444. The highest BCUT2D eigenvalue weighted by atomic mass is 19.1. The van der Waals surface area contributed by atoms with Crippen LogP contribution in [0.25, 0.3) is 0 Å². The number of amides is 2. The van der Waals surface area contributed by atoms with Crippen molar-refractivity contribution in [2.24, 2.45) is 11.8 Å². The maximum absolute atomic E-state index is 12.9. The quantitative estimate of drug-likeness (QED) is 0.825. The van der Waals surface area contributed by atoms with Gasteiger partial charge in [0.15, 0.2) is 0 Å². The summed E-state index contributed by atoms with van der Waals surface area (Å²) in [5.74, 6) is 0.181. The lowest BCUT2D eigenvalue weighted by Gasteiger charge is -2.18. The summed E-state index contributed by atoms with van der Waals surface area (Å²) >= 11 is 0. The van der Waals surface area contributed by atoms with E-state index in [2.05, 4.69) is 20.5 Å². The first-order chi connectivity index (χ1) is 12.4. The summed E-state index contributed by atoms with van der Waals surface area (Å²) in [5.41, 5.74) is 0.881. The molecule has 2 N–H and O–H groups in total. The number of nitrogens with zero attached hydrogens (tertiary/aromatic N) is 3. The minimum atomic E-state index is -0.389. The van der Waals surface area contributed by atoms with Crippen LogP contribution in [-0.4, -0.2) is 45.0 Å². The van der Waals surface area contributed by atoms with Crippen LogP contribution in [0.1, 0.15) is 31.7 Å². The molecule has 7 nitrogen and oxygen atoms in total. The number of benzene rings is 1. The highest BCUT2D eigenvalue weighted by Gasteiger charge is 2.34. The van der Waals surface area contributed by atoms with Crippen LogP contribution in [0.5, 0.6) is 0 Å². The van der Waals surface area contributed by atoms with E-state index in [9.17, 15) is 14.0 Å². The largest absolute Gasteiger partial charge is 0.342 e. The highest BCUT2D eigenvalue weighted by Crippen LogP contribution is 2.20. The van der Waals surface area contributed by atoms with Crippen molar-refractivity contribution in [3.05, 3.63) is 41.5 Å². The van der Waals surface area contributed by atoms with Gasteiger partial charge in [-0.05, 0) is 23.6 Å². The molecule has 26 heavy (non-hydrogen) atoms. The number of likely N-dealkylation sites (tertiary alicyclic amines) is 1. The van der Waals surface area contributed by atoms with Gasteiger partial charge < -0.3 is 4.90 Å². The first-order valence-electron chi connectivity index (χ1n) is 8.65. The van der Waals surface area contributed by atoms with Gasteiger partial charge in [0, 0.05) is 25.9 Å². The van der Waals surface area contributed by atoms with Crippen molar-refractivity contribution in [1.29, 1.82) is 0 Å². The Hall–Kier alpha value is -2.77. The first-order valence-corrected chi connectivity index (χ1v) is 8.65. The number of hydrogen-bond donors (Lipinski definition) is 2. The van der Waals surface area contributed by atoms with Crippen molar-refractivity contribution >= 4 is 17.8 Å². The smallest absolute Gasteiger partial charge is 0.248 e. The molecule has 0 aliphatic carbocycles. The Morgan fingerprint density at radius 1 is 1.38 bits per heavy atom. The van der Waals surface area contributed by atoms with Gasteiger partial charge in [0.1, 0.15) is 11.6 Å². The van der Waals surface area contributed by atoms with Gasteiger partial charge in [0.2, 0.25) is 17.8 Å². The molecule has 2 aromatic rings. The Labute approximate surface area is 151 Å². The predicted octanol–water partition coefficient (Wildman–Crippen LogP) is 1.98. The Balaban J connectivity index is 1.56. The van der Waals surface area contributed by atoms with Gasteiger partial charge in [0.05, 0.1) is 5.92 Å². The van der Waals surface area contributed by atoms with Crippen molar-refractivity contribution < 1.29 is 14.0 Å². The molecule has 138 valence electrons. The molecule has 2 amide bonds. The van der Waals surface area contributed by atoms with E-state index in [1.54, 1.807) is 17.0 Å². The van der Waals surface area contributed by atoms with Gasteiger partial charge in [-0.3, -0.25) is 20.0 Å². The summed E-state index contributed by atoms with van der Waals surface area (Å²) < 4.78 is 12.9. The summed E-state index contributed by atoms with van der Waals surface area (Å²) in [4.78, 5) is 30.3. The Kier molecular flexibility index (Phi) is 5.29. The van der Waals surface area contributed by atoms with E-state index in [0.717, 1.165) is 5.56 Å². The molecule has 8 heteroatoms. The lowest BCUT2D eigenvalue weighted by molar-refractivity contribution is -0.128. The molecule has 1 aromatic carbocycles. The van der Waals surface area contributed by atoms with E-state index in [0.29, 0.717) is 31.3 Å². The fourth-order valence-electron chi connectivity index (χ4n) is 3.00. The Morgan fingerprint density at radius 2 is 2.12 bits per heavy atom. The second kappa shape index (κ2) is 7.63. The van der Waals surface area contributed by atoms with Crippen LogP contribution in [0, 0.1) is 17.7 Å². The van der Waals surface area contributed by atoms with Crippen LogP contribution in [0.3, 0.4) is 0 Å². The normalized spacial score (nSPS) is 17.2. The number of H-pyrrole nitrogens is 1. The van der Waals surface area contributed by atoms with Gasteiger partial charge in [-0.25, -0.2) is 4.39 Å². The van der Waals surface area contributed by atoms with Crippen molar-refractivity contribution in [1.82, 2.24) is 20.1 Å². The van der Waals surface area contributed by atoms with E-state index in [1.807, 2.05) is 13.8 Å². The zero-order valence-electron chi connectivity index (χ0n) is 14.8. The second-order valence-electron chi connectivity index (χ2n) is 6.99. The number of carbonyl (C=O) groups is 2. The molecule has 0 radical (unpaired) electrons. The van der Waals surface area contributed by atoms with Gasteiger partial charge in [-0.15, -0.1) is 5.10 Å². The third-order valence-corrected chi connectivity index (χ3v) is 4.22. The molecule has 1 aliphatic rings. The minimum Gasteiger partial charge on any atom is -0.342 e. The molecule has 0 spiro atoms. The number of aromatic nitrogens is 3. The lowest BCUT2D eigenvalue weighted by Crippen LogP contribution is -2.31. The van der Waals surface area contributed by atoms with E-state index in [1.165, 1.54) is 12.1 Å². The summed E-state index contributed by atoms with van der Waals surface area (Å²) in [6.45, 7) is 5.16. The van der Waals surface area contributed by atoms with Gasteiger partial charge in [-0.2, -0.15) is 4.98 Å². The van der Waals surface area contributed by atoms with Crippen LogP contribution in [0.2, 0.25) is 0 Å². The zero-order valence-corrected chi connectivity index (χ0v) is 14.8. The van der Waals surface area contributed by atoms with Gasteiger partial charge in [-0.1, -0.05) is 26.0 Å². The van der Waals surface area contributed by atoms with E-state index in [4.69, 9.17) is 0 Å². The van der Waals surface area contributed by atoms with Crippen LogP contribution in [0.15, 0.2) is 24.3 Å². The van der Waals surface area contributed by atoms with Crippen LogP contribution in [-0.2, 0) is 16.0 Å². The standard InChI is InChI=1S/C18H22FN5O2/c1-11(2)9-24-10-13(8-16(24)25)17(26)21-18-20-15(22-23-18)7-12-3-5-14(19)6-4-12/h3-6,11,13H,7-10H2,1-2H3,(H2,20,21,22,23,26)/t13-/m1/s1. The number of hydrogen-bond acceptors (Lipinski definition) is 4. The van der Waals surface area contributed by atoms with Crippen molar-refractivity contribution in [2.75, 3.05) is 18.4 Å². The fourth-order valence-corrected chi connectivity index (χ4v) is 3.00. The molecule has 1 aromatic heterocycles. The lowest BCUT2D eigenvalue weighted by atomic mass is 10.1. The average Bonchev–Trinajstić information content (AvgIpc) is 3.16. The highest BCUT2D eigenvalue weighted by molar-refractivity contribution is 5.96. The van der Waals surface area contributed by atoms with Gasteiger partial charge >= 0.3 is 0 Å². The van der Waals surface area contributed by atoms with Gasteiger partial charge in [0.25, 0.3) is 0 Å². The van der Waals surface area contributed by atoms with E-state index >= 15 is 0 Å². The van der Waals surface area contributed by atoms with E-state index in [-0.39, 0.29) is 35.9 Å². The number of anilines is 1. The average molecular weight is 359 g/mol. The summed E-state index contributed by atoms with van der Waals surface area (Å²) in [7, 11) is 0. The van der Waals surface area contributed by atoms with Crippen LogP contribution < -0.4 is 5.32 Å². The number of rotatable bonds is 6. The Bertz CT molecular complexity index is 787. The Morgan fingerprint density at radius 3 is 2.81 bits per heavy atom. The molecule has 0 unspecified atom stereocenters. The number of carbonyl (C=O) groups excluding carboxylic acids is 2. The van der Waals surface area contributed by atoms with Crippen LogP contribution >= 0.6 is 0 Å². The monoisotopic (exact) mass is 359 g/mol. The molecule has 0 saturated carbocycles. The van der Waals surface area contributed by atoms with Crippen molar-refractivity contribution in [3.63, 3.8) is 0 Å². The number of aromatic amines is 1. The molecule has 1 fully saturated rings. The van der Waals surface area contributed by atoms with Crippen LogP contribution in [0.4, 0.5) is 10.3 Å². The molecule has 0 bridgehead atoms. The number of halogens is 1. The molecule has 1 atom stereocenters. The maximum atomic E-state index is 12.9. The molecule has 2 heterocycles. The zero-order chi connectivity index (χ0) is 18.7. The van der Waals surface area contributed by atoms with E-state index < -0.39 is 0 Å². The minimum absolute atomic E-state index is 0.00540. The molecule has 1 saturated heterocycles. The predicted molar refractivity (Wildman–Crippen MR) is 93.7 cm³/mol. The molecular formula is C18H22FN5O2. The summed E-state index contributed by atoms with van der Waals surface area (Å²) in [5, 5.41) is 9.41.